The van der Waals surface area contributed by atoms with E-state index in [2.05, 4.69) is 11.9 Å². The molecule has 0 radical (unpaired) electrons. The zero-order valence-corrected chi connectivity index (χ0v) is 20.3. The van der Waals surface area contributed by atoms with Crippen LogP contribution in [0.5, 0.6) is 11.5 Å². The van der Waals surface area contributed by atoms with Crippen LogP contribution in [0.25, 0.3) is 0 Å². The van der Waals surface area contributed by atoms with Gasteiger partial charge in [-0.1, -0.05) is 6.08 Å². The number of nitrogens with one attached hydrogen (secondary N) is 1. The smallest absolute Gasteiger partial charge is 0.337 e. The molecule has 0 amide bonds. The molecule has 1 aromatic rings. The molecule has 0 unspecified atom stereocenters. The predicted molar refractivity (Wildman–Crippen MR) is 126 cm³/mol. The maximum atomic E-state index is 12.6. The van der Waals surface area contributed by atoms with Gasteiger partial charge in [-0.05, 0) is 42.6 Å². The molecular weight excluding hydrogens is 490 g/mol. The molecule has 204 valence electrons. The summed E-state index contributed by atoms with van der Waals surface area (Å²) >= 11 is 0. The lowest BCUT2D eigenvalue weighted by Crippen LogP contribution is -2.60. The van der Waals surface area contributed by atoms with Gasteiger partial charge in [-0.2, -0.15) is 0 Å². The van der Waals surface area contributed by atoms with E-state index < -0.39 is 61.4 Å². The summed E-state index contributed by atoms with van der Waals surface area (Å²) in [6, 6.07) is 2.70. The average Bonchev–Trinajstić information content (AvgIpc) is 2.89. The van der Waals surface area contributed by atoms with Gasteiger partial charge in [0.25, 0.3) is 0 Å². The zero-order valence-electron chi connectivity index (χ0n) is 20.3. The first-order valence-electron chi connectivity index (χ1n) is 12.0. The third-order valence-corrected chi connectivity index (χ3v) is 7.20. The van der Waals surface area contributed by atoms with Crippen LogP contribution in [0.3, 0.4) is 0 Å². The Kier molecular flexibility index (Phi) is 8.39. The number of carbonyl (C=O) groups excluding carboxylic acids is 1. The number of hydrogen-bond donors (Lipinski definition) is 7. The molecule has 4 rings (SSSR count). The van der Waals surface area contributed by atoms with Crippen LogP contribution in [-0.2, 0) is 30.2 Å². The van der Waals surface area contributed by atoms with Crippen LogP contribution in [0, 0.1) is 11.8 Å². The maximum absolute atomic E-state index is 12.6. The minimum atomic E-state index is -1.64. The number of esters is 1. The van der Waals surface area contributed by atoms with Crippen molar-refractivity contribution < 1.29 is 54.4 Å². The first-order chi connectivity index (χ1) is 17.7. The van der Waals surface area contributed by atoms with Crippen molar-refractivity contribution in [2.75, 3.05) is 20.3 Å². The predicted octanol–water partition coefficient (Wildman–Crippen LogP) is -0.677. The van der Waals surface area contributed by atoms with E-state index in [0.29, 0.717) is 19.4 Å². The molecule has 0 spiro atoms. The molecular formula is C25H33NO11. The van der Waals surface area contributed by atoms with Crippen LogP contribution < -0.4 is 5.32 Å². The number of ether oxygens (including phenoxy) is 4. The molecule has 0 saturated carbocycles. The summed E-state index contributed by atoms with van der Waals surface area (Å²) in [5.74, 6) is -2.31. The van der Waals surface area contributed by atoms with E-state index in [0.717, 1.165) is 11.1 Å². The van der Waals surface area contributed by atoms with Crippen LogP contribution in [0.2, 0.25) is 0 Å². The third-order valence-electron chi connectivity index (χ3n) is 7.20. The molecule has 0 bridgehead atoms. The summed E-state index contributed by atoms with van der Waals surface area (Å²) in [6.45, 7) is 3.86. The molecule has 3 heterocycles. The summed E-state index contributed by atoms with van der Waals surface area (Å²) < 4.78 is 21.9. The van der Waals surface area contributed by atoms with Crippen molar-refractivity contribution in [1.29, 1.82) is 0 Å². The Bertz CT molecular complexity index is 1030. The van der Waals surface area contributed by atoms with E-state index in [4.69, 9.17) is 18.9 Å². The SMILES string of the molecule is C=C[C@H]1[C@H](O[C@@H]2O[C@H](CO)[C@@H](O)[C@H](O)[C@H]2O)OC=C(C(=O)OC)[C@H]1C[C@H]1NCCc2cc(O)c(O)cc21. The molecule has 37 heavy (non-hydrogen) atoms. The largest absolute Gasteiger partial charge is 0.504 e. The van der Waals surface area contributed by atoms with Gasteiger partial charge in [-0.3, -0.25) is 0 Å². The van der Waals surface area contributed by atoms with E-state index >= 15 is 0 Å². The first kappa shape index (κ1) is 27.3. The molecule has 3 aliphatic rings. The quantitative estimate of drug-likeness (QED) is 0.136. The normalized spacial score (nSPS) is 35.6. The van der Waals surface area contributed by atoms with Gasteiger partial charge in [-0.15, -0.1) is 6.58 Å². The van der Waals surface area contributed by atoms with Crippen molar-refractivity contribution in [1.82, 2.24) is 5.32 Å². The van der Waals surface area contributed by atoms with Gasteiger partial charge in [0.1, 0.15) is 24.4 Å². The molecule has 12 heteroatoms. The van der Waals surface area contributed by atoms with Crippen LogP contribution >= 0.6 is 0 Å². The Morgan fingerprint density at radius 1 is 1.16 bits per heavy atom. The van der Waals surface area contributed by atoms with E-state index in [1.54, 1.807) is 0 Å². The number of aliphatic hydroxyl groups excluding tert-OH is 4. The Morgan fingerprint density at radius 3 is 2.57 bits per heavy atom. The Labute approximate surface area is 213 Å². The highest BCUT2D eigenvalue weighted by Crippen LogP contribution is 2.42. The number of benzene rings is 1. The summed E-state index contributed by atoms with van der Waals surface area (Å²) in [6.07, 6.45) is -4.85. The van der Waals surface area contributed by atoms with Gasteiger partial charge in [-0.25, -0.2) is 4.79 Å². The Balaban J connectivity index is 1.61. The van der Waals surface area contributed by atoms with Crippen LogP contribution in [0.1, 0.15) is 23.6 Å². The molecule has 1 aromatic carbocycles. The van der Waals surface area contributed by atoms with Crippen molar-refractivity contribution in [2.24, 2.45) is 11.8 Å². The molecule has 3 aliphatic heterocycles. The van der Waals surface area contributed by atoms with Gasteiger partial charge in [0.2, 0.25) is 6.29 Å². The fraction of sp³-hybridized carbons (Fsp3) is 0.560. The van der Waals surface area contributed by atoms with Gasteiger partial charge in [0.15, 0.2) is 17.8 Å². The lowest BCUT2D eigenvalue weighted by molar-refractivity contribution is -0.339. The second-order valence-corrected chi connectivity index (χ2v) is 9.35. The minimum absolute atomic E-state index is 0.211. The molecule has 1 fully saturated rings. The lowest BCUT2D eigenvalue weighted by Gasteiger charge is -2.43. The Morgan fingerprint density at radius 2 is 1.89 bits per heavy atom. The van der Waals surface area contributed by atoms with Gasteiger partial charge in [0.05, 0.1) is 25.6 Å². The first-order valence-corrected chi connectivity index (χ1v) is 12.0. The van der Waals surface area contributed by atoms with E-state index in [1.165, 1.54) is 31.6 Å². The number of methoxy groups -OCH3 is 1. The highest BCUT2D eigenvalue weighted by Gasteiger charge is 2.48. The summed E-state index contributed by atoms with van der Waals surface area (Å²) in [5.41, 5.74) is 1.85. The number of fused-ring (bicyclic) bond motifs is 1. The van der Waals surface area contributed by atoms with E-state index in [1.807, 2.05) is 0 Å². The lowest BCUT2D eigenvalue weighted by atomic mass is 9.77. The highest BCUT2D eigenvalue weighted by molar-refractivity contribution is 5.89. The van der Waals surface area contributed by atoms with E-state index in [9.17, 15) is 35.4 Å². The fourth-order valence-electron chi connectivity index (χ4n) is 5.16. The standard InChI is InChI=1S/C25H33NO11/c1-3-12-14(7-16-13-8-18(29)17(28)6-11(13)4-5-26-16)15(23(33)34-2)10-35-24(12)37-25-22(32)21(31)20(30)19(9-27)36-25/h3,6,8,10,12,14,16,19-22,24-32H,1,4-5,7,9H2,2H3/t12-,14+,16-,19-,20-,21+,22-,24+,25+/m1/s1. The number of rotatable bonds is 7. The number of aromatic hydroxyl groups is 2. The summed E-state index contributed by atoms with van der Waals surface area (Å²) in [4.78, 5) is 12.6. The maximum Gasteiger partial charge on any atom is 0.337 e. The molecule has 0 aromatic heterocycles. The highest BCUT2D eigenvalue weighted by atomic mass is 16.8. The zero-order chi connectivity index (χ0) is 26.9. The van der Waals surface area contributed by atoms with Crippen molar-refractivity contribution >= 4 is 5.97 Å². The number of aliphatic hydroxyl groups is 4. The second kappa shape index (κ2) is 11.4. The van der Waals surface area contributed by atoms with Crippen LogP contribution in [-0.4, -0.2) is 93.9 Å². The summed E-state index contributed by atoms with van der Waals surface area (Å²) in [5, 5.41) is 63.4. The molecule has 7 N–H and O–H groups in total. The molecule has 0 aliphatic carbocycles. The van der Waals surface area contributed by atoms with Crippen LogP contribution in [0.15, 0.2) is 36.6 Å². The topological polar surface area (TPSA) is 187 Å². The third kappa shape index (κ3) is 5.32. The van der Waals surface area contributed by atoms with Crippen molar-refractivity contribution in [2.45, 2.75) is 55.9 Å². The average molecular weight is 524 g/mol. The monoisotopic (exact) mass is 523 g/mol. The molecule has 12 nitrogen and oxygen atoms in total. The number of hydrogen-bond acceptors (Lipinski definition) is 12. The van der Waals surface area contributed by atoms with Crippen LogP contribution in [0.4, 0.5) is 0 Å². The van der Waals surface area contributed by atoms with Gasteiger partial charge < -0.3 is 54.9 Å². The summed E-state index contributed by atoms with van der Waals surface area (Å²) in [7, 11) is 1.24. The van der Waals surface area contributed by atoms with Gasteiger partial charge in [0, 0.05) is 17.9 Å². The van der Waals surface area contributed by atoms with Crippen molar-refractivity contribution in [3.8, 4) is 11.5 Å². The number of phenols is 2. The van der Waals surface area contributed by atoms with Gasteiger partial charge >= 0.3 is 5.97 Å². The molecule has 1 saturated heterocycles. The van der Waals surface area contributed by atoms with Crippen molar-refractivity contribution in [3.05, 3.63) is 47.7 Å². The van der Waals surface area contributed by atoms with Crippen molar-refractivity contribution in [3.63, 3.8) is 0 Å². The molecule has 9 atom stereocenters. The minimum Gasteiger partial charge on any atom is -0.504 e. The second-order valence-electron chi connectivity index (χ2n) is 9.35. The Hall–Kier alpha value is -2.71. The number of carbonyl (C=O) groups is 1. The van der Waals surface area contributed by atoms with E-state index in [-0.39, 0.29) is 23.1 Å². The fourth-order valence-corrected chi connectivity index (χ4v) is 5.16. The number of phenolic OH excluding ortho intramolecular Hbond substituents is 2.